The van der Waals surface area contributed by atoms with E-state index in [0.717, 1.165) is 48.4 Å². The molecule has 2 aromatic rings. The highest BCUT2D eigenvalue weighted by atomic mass is 32.2. The van der Waals surface area contributed by atoms with Gasteiger partial charge in [-0.1, -0.05) is 57.0 Å². The number of sulfonamides is 1. The van der Waals surface area contributed by atoms with Crippen molar-refractivity contribution in [3.8, 4) is 0 Å². The highest BCUT2D eigenvalue weighted by Gasteiger charge is 2.32. The Morgan fingerprint density at radius 2 is 1.94 bits per heavy atom. The van der Waals surface area contributed by atoms with Gasteiger partial charge in [0.25, 0.3) is 5.91 Å². The fraction of sp³-hybridized carbons (Fsp3) is 0.538. The molecular weight excluding hydrogens is 462 g/mol. The number of pyridine rings is 1. The van der Waals surface area contributed by atoms with Crippen molar-refractivity contribution in [1.82, 2.24) is 10.3 Å². The zero-order valence-electron chi connectivity index (χ0n) is 21.2. The molecule has 4 atom stereocenters. The number of hydrogen-bond acceptors (Lipinski definition) is 6. The van der Waals surface area contributed by atoms with Gasteiger partial charge in [-0.3, -0.25) is 9.10 Å². The molecule has 1 saturated carbocycles. The van der Waals surface area contributed by atoms with Crippen molar-refractivity contribution < 1.29 is 13.2 Å². The number of unbranched alkanes of at least 4 members (excludes halogenated alkanes) is 1. The number of hydrogen-bond donors (Lipinski definition) is 3. The molecule has 1 aromatic carbocycles. The minimum absolute atomic E-state index is 0.196. The van der Waals surface area contributed by atoms with Crippen molar-refractivity contribution in [2.75, 3.05) is 29.5 Å². The molecule has 1 aliphatic rings. The first-order valence-corrected chi connectivity index (χ1v) is 14.2. The summed E-state index contributed by atoms with van der Waals surface area (Å²) in [6.07, 6.45) is 5.69. The van der Waals surface area contributed by atoms with Gasteiger partial charge in [0, 0.05) is 31.2 Å². The van der Waals surface area contributed by atoms with Gasteiger partial charge in [-0.15, -0.1) is 0 Å². The normalized spacial score (nSPS) is 19.0. The lowest BCUT2D eigenvalue weighted by Gasteiger charge is -2.26. The summed E-state index contributed by atoms with van der Waals surface area (Å²) in [5.41, 5.74) is 7.96. The molecule has 0 saturated heterocycles. The Morgan fingerprint density at radius 3 is 2.54 bits per heavy atom. The Balaban J connectivity index is 1.85. The van der Waals surface area contributed by atoms with E-state index in [0.29, 0.717) is 29.6 Å². The number of anilines is 2. The predicted molar refractivity (Wildman–Crippen MR) is 142 cm³/mol. The van der Waals surface area contributed by atoms with Gasteiger partial charge in [-0.25, -0.2) is 13.4 Å². The molecule has 4 N–H and O–H groups in total. The molecule has 0 radical (unpaired) electrons. The Kier molecular flexibility index (Phi) is 9.13. The molecule has 35 heavy (non-hydrogen) atoms. The number of aromatic nitrogens is 1. The third kappa shape index (κ3) is 7.93. The van der Waals surface area contributed by atoms with Crippen molar-refractivity contribution >= 4 is 27.6 Å². The van der Waals surface area contributed by atoms with Crippen LogP contribution in [0.3, 0.4) is 0 Å². The quantitative estimate of drug-likeness (QED) is 0.387. The first kappa shape index (κ1) is 26.9. The van der Waals surface area contributed by atoms with E-state index in [4.69, 9.17) is 5.73 Å². The smallest absolute Gasteiger partial charge is 0.251 e. The van der Waals surface area contributed by atoms with E-state index < -0.39 is 10.0 Å². The predicted octanol–water partition coefficient (Wildman–Crippen LogP) is 3.40. The number of amides is 1. The molecule has 8 nitrogen and oxygen atoms in total. The number of nitrogens with zero attached hydrogens (tertiary/aromatic N) is 2. The fourth-order valence-electron chi connectivity index (χ4n) is 4.06. The van der Waals surface area contributed by atoms with Crippen LogP contribution in [0.2, 0.25) is 0 Å². The largest absolute Gasteiger partial charge is 0.370 e. The maximum atomic E-state index is 13.4. The lowest BCUT2D eigenvalue weighted by atomic mass is 9.96. The number of benzene rings is 1. The first-order chi connectivity index (χ1) is 16.6. The van der Waals surface area contributed by atoms with E-state index in [-0.39, 0.29) is 23.8 Å². The summed E-state index contributed by atoms with van der Waals surface area (Å²) in [5.74, 6) is 1.61. The van der Waals surface area contributed by atoms with Crippen molar-refractivity contribution in [1.29, 1.82) is 0 Å². The summed E-state index contributed by atoms with van der Waals surface area (Å²) in [6, 6.07) is 12.7. The molecule has 9 heteroatoms. The van der Waals surface area contributed by atoms with Crippen molar-refractivity contribution in [2.45, 2.75) is 58.0 Å². The van der Waals surface area contributed by atoms with Crippen LogP contribution in [0.15, 0.2) is 42.5 Å². The molecule has 3 rings (SSSR count). The van der Waals surface area contributed by atoms with Gasteiger partial charge < -0.3 is 16.4 Å². The van der Waals surface area contributed by atoms with E-state index in [2.05, 4.69) is 29.5 Å². The number of carbonyl (C=O) groups excluding carboxylic acids is 1. The Labute approximate surface area is 209 Å². The van der Waals surface area contributed by atoms with Crippen LogP contribution in [0.25, 0.3) is 0 Å². The molecule has 0 bridgehead atoms. The van der Waals surface area contributed by atoms with Gasteiger partial charge in [0.1, 0.15) is 11.6 Å². The summed E-state index contributed by atoms with van der Waals surface area (Å²) in [7, 11) is -2.10. The van der Waals surface area contributed by atoms with Gasteiger partial charge in [-0.2, -0.15) is 0 Å². The SMILES string of the molecule is CCCC[C@H](N)[C@H](Cc1ccccc1)NC(=O)c1cc(NCC2CC2C)nc(N(C)S(C)(=O)=O)c1. The first-order valence-electron chi connectivity index (χ1n) is 12.4. The van der Waals surface area contributed by atoms with Gasteiger partial charge >= 0.3 is 0 Å². The number of rotatable bonds is 13. The summed E-state index contributed by atoms with van der Waals surface area (Å²) in [5, 5.41) is 6.40. The van der Waals surface area contributed by atoms with Gasteiger partial charge in [0.15, 0.2) is 0 Å². The van der Waals surface area contributed by atoms with Crippen molar-refractivity contribution in [2.24, 2.45) is 17.6 Å². The Bertz CT molecular complexity index is 1090. The second kappa shape index (κ2) is 11.9. The van der Waals surface area contributed by atoms with Crippen LogP contribution in [-0.4, -0.2) is 51.2 Å². The number of nitrogens with two attached hydrogens (primary N) is 1. The standard InChI is InChI=1S/C26H39N5O3S/c1-5-6-12-22(27)23(14-19-10-8-7-9-11-19)29-26(32)20-15-24(28-17-21-13-18(21)2)30-25(16-20)31(3)35(4,33)34/h7-11,15-16,18,21-23H,5-6,12-14,17,27H2,1-4H3,(H,28,30)(H,29,32)/t18?,21?,22-,23-/m0/s1. The molecule has 192 valence electrons. The lowest BCUT2D eigenvalue weighted by molar-refractivity contribution is 0.0929. The molecule has 1 aliphatic carbocycles. The summed E-state index contributed by atoms with van der Waals surface area (Å²) < 4.78 is 25.4. The van der Waals surface area contributed by atoms with E-state index in [1.807, 2.05) is 30.3 Å². The topological polar surface area (TPSA) is 117 Å². The van der Waals surface area contributed by atoms with Crippen LogP contribution >= 0.6 is 0 Å². The second-order valence-electron chi connectivity index (χ2n) is 9.76. The molecule has 1 aromatic heterocycles. The maximum Gasteiger partial charge on any atom is 0.251 e. The lowest BCUT2D eigenvalue weighted by Crippen LogP contribution is -2.49. The van der Waals surface area contributed by atoms with Crippen molar-refractivity contribution in [3.63, 3.8) is 0 Å². The van der Waals surface area contributed by atoms with E-state index in [1.165, 1.54) is 13.1 Å². The monoisotopic (exact) mass is 501 g/mol. The average Bonchev–Trinajstić information content (AvgIpc) is 3.54. The Morgan fingerprint density at radius 1 is 1.26 bits per heavy atom. The minimum atomic E-state index is -3.54. The van der Waals surface area contributed by atoms with E-state index in [9.17, 15) is 13.2 Å². The summed E-state index contributed by atoms with van der Waals surface area (Å²) >= 11 is 0. The van der Waals surface area contributed by atoms with Crippen LogP contribution < -0.4 is 20.7 Å². The van der Waals surface area contributed by atoms with Crippen LogP contribution in [-0.2, 0) is 16.4 Å². The van der Waals surface area contributed by atoms with E-state index >= 15 is 0 Å². The molecule has 0 spiro atoms. The van der Waals surface area contributed by atoms with E-state index in [1.54, 1.807) is 6.07 Å². The van der Waals surface area contributed by atoms with Crippen LogP contribution in [0.5, 0.6) is 0 Å². The molecule has 1 fully saturated rings. The van der Waals surface area contributed by atoms with Crippen LogP contribution in [0.4, 0.5) is 11.6 Å². The molecule has 1 heterocycles. The van der Waals surface area contributed by atoms with Gasteiger partial charge in [-0.05, 0) is 48.8 Å². The molecular formula is C26H39N5O3S. The zero-order chi connectivity index (χ0) is 25.6. The third-order valence-corrected chi connectivity index (χ3v) is 7.92. The minimum Gasteiger partial charge on any atom is -0.370 e. The summed E-state index contributed by atoms with van der Waals surface area (Å²) in [6.45, 7) is 5.05. The Hall–Kier alpha value is -2.65. The molecule has 0 aliphatic heterocycles. The average molecular weight is 502 g/mol. The van der Waals surface area contributed by atoms with Crippen molar-refractivity contribution in [3.05, 3.63) is 53.6 Å². The highest BCUT2D eigenvalue weighted by Crippen LogP contribution is 2.37. The third-order valence-electron chi connectivity index (χ3n) is 6.74. The highest BCUT2D eigenvalue weighted by molar-refractivity contribution is 7.92. The van der Waals surface area contributed by atoms with Crippen LogP contribution in [0.1, 0.15) is 55.5 Å². The molecule has 2 unspecified atom stereocenters. The summed E-state index contributed by atoms with van der Waals surface area (Å²) in [4.78, 5) is 17.9. The maximum absolute atomic E-state index is 13.4. The fourth-order valence-corrected chi connectivity index (χ4v) is 4.49. The van der Waals surface area contributed by atoms with Gasteiger partial charge in [0.05, 0.1) is 6.26 Å². The second-order valence-corrected chi connectivity index (χ2v) is 11.8. The zero-order valence-corrected chi connectivity index (χ0v) is 22.0. The van der Waals surface area contributed by atoms with Crippen LogP contribution in [0, 0.1) is 11.8 Å². The number of nitrogens with one attached hydrogen (secondary N) is 2. The molecule has 1 amide bonds. The van der Waals surface area contributed by atoms with Gasteiger partial charge in [0.2, 0.25) is 10.0 Å². The number of carbonyl (C=O) groups is 1.